The van der Waals surface area contributed by atoms with Crippen molar-refractivity contribution in [2.75, 3.05) is 0 Å². The summed E-state index contributed by atoms with van der Waals surface area (Å²) in [7, 11) is 0. The molecule has 8 nitrogen and oxygen atoms in total. The molecule has 0 fully saturated rings. The van der Waals surface area contributed by atoms with Crippen molar-refractivity contribution in [3.8, 4) is 0 Å². The zero-order valence-electron chi connectivity index (χ0n) is 14.8. The van der Waals surface area contributed by atoms with Crippen LogP contribution in [0.2, 0.25) is 0 Å². The number of amides is 4. The van der Waals surface area contributed by atoms with Crippen molar-refractivity contribution >= 4 is 48.0 Å². The summed E-state index contributed by atoms with van der Waals surface area (Å²) in [5.41, 5.74) is 0.961. The first-order valence-electron chi connectivity index (χ1n) is 8.26. The first-order valence-corrected chi connectivity index (χ1v) is 8.26. The number of hydrogen-bond acceptors (Lipinski definition) is 4. The standard InChI is InChI=1S/C20H16N4O4/c25-17-10-4-2-1-3-5-11-18(26)24-16-9-7-6-8-15(16)12-21-19(27)14-23-20(28)13-22-17/h1-8,11-14H,9-10H2/b3-1-,4-2-,11-5-,21-12-,22-13-,23-14-,24-16-. The van der Waals surface area contributed by atoms with E-state index in [0.717, 1.165) is 12.4 Å². The van der Waals surface area contributed by atoms with Crippen LogP contribution < -0.4 is 0 Å². The van der Waals surface area contributed by atoms with Crippen molar-refractivity contribution in [1.82, 2.24) is 0 Å². The molecule has 140 valence electrons. The molecule has 4 amide bonds. The maximum Gasteiger partial charge on any atom is 0.288 e. The molecular weight excluding hydrogens is 360 g/mol. The van der Waals surface area contributed by atoms with E-state index in [1.54, 1.807) is 36.5 Å². The lowest BCUT2D eigenvalue weighted by atomic mass is 10.0. The molecule has 2 aliphatic rings. The largest absolute Gasteiger partial charge is 0.288 e. The quantitative estimate of drug-likeness (QED) is 0.639. The van der Waals surface area contributed by atoms with Crippen LogP contribution in [0, 0.1) is 0 Å². The van der Waals surface area contributed by atoms with Gasteiger partial charge in [0.1, 0.15) is 0 Å². The summed E-state index contributed by atoms with van der Waals surface area (Å²) in [5, 5.41) is 0. The molecule has 0 atom stereocenters. The summed E-state index contributed by atoms with van der Waals surface area (Å²) in [6.07, 6.45) is 17.6. The highest BCUT2D eigenvalue weighted by atomic mass is 16.2. The number of hydrogen-bond donors (Lipinski definition) is 0. The van der Waals surface area contributed by atoms with E-state index in [9.17, 15) is 19.2 Å². The number of fused-ring (bicyclic) bond motifs is 1. The highest BCUT2D eigenvalue weighted by molar-refractivity contribution is 6.37. The second-order valence-electron chi connectivity index (χ2n) is 5.37. The van der Waals surface area contributed by atoms with Gasteiger partial charge in [0, 0.05) is 30.7 Å². The Kier molecular flexibility index (Phi) is 7.94. The van der Waals surface area contributed by atoms with E-state index in [2.05, 4.69) is 20.0 Å². The van der Waals surface area contributed by atoms with Gasteiger partial charge in [0.2, 0.25) is 5.91 Å². The van der Waals surface area contributed by atoms with Crippen LogP contribution in [0.25, 0.3) is 0 Å². The van der Waals surface area contributed by atoms with Gasteiger partial charge in [-0.15, -0.1) is 0 Å². The summed E-state index contributed by atoms with van der Waals surface area (Å²) >= 11 is 0. The third kappa shape index (κ3) is 7.52. The Labute approximate surface area is 160 Å². The summed E-state index contributed by atoms with van der Waals surface area (Å²) in [6.45, 7) is 0. The van der Waals surface area contributed by atoms with Crippen molar-refractivity contribution in [3.63, 3.8) is 0 Å². The Morgan fingerprint density at radius 2 is 1.32 bits per heavy atom. The molecule has 0 radical (unpaired) electrons. The Morgan fingerprint density at radius 3 is 2.14 bits per heavy atom. The van der Waals surface area contributed by atoms with Crippen LogP contribution >= 0.6 is 0 Å². The Bertz CT molecular complexity index is 941. The van der Waals surface area contributed by atoms with Crippen molar-refractivity contribution in [2.24, 2.45) is 20.0 Å². The van der Waals surface area contributed by atoms with Gasteiger partial charge in [-0.2, -0.15) is 0 Å². The van der Waals surface area contributed by atoms with E-state index in [1.165, 1.54) is 18.4 Å². The molecule has 28 heavy (non-hydrogen) atoms. The number of allylic oxidation sites excluding steroid dienone is 8. The molecule has 0 saturated heterocycles. The fourth-order valence-corrected chi connectivity index (χ4v) is 1.98. The second kappa shape index (κ2) is 10.9. The lowest BCUT2D eigenvalue weighted by Gasteiger charge is -2.06. The molecule has 0 aromatic heterocycles. The Balaban J connectivity index is 2.28. The van der Waals surface area contributed by atoms with Crippen LogP contribution in [-0.2, 0) is 19.2 Å². The highest BCUT2D eigenvalue weighted by Gasteiger charge is 2.09. The molecule has 1 heterocycles. The molecule has 1 aliphatic carbocycles. The van der Waals surface area contributed by atoms with Crippen LogP contribution in [0.1, 0.15) is 12.8 Å². The van der Waals surface area contributed by atoms with Gasteiger partial charge in [-0.3, -0.25) is 19.2 Å². The van der Waals surface area contributed by atoms with E-state index in [4.69, 9.17) is 0 Å². The third-order valence-electron chi connectivity index (χ3n) is 3.25. The SMILES string of the molecule is O=C1/C=N\C(=O)/C=N\C(=O)C\C=C/C=C\C=C/C(=O)/N=C2/CC=CC=C2/C=N\1. The average Bonchev–Trinajstić information content (AvgIpc) is 2.68. The molecule has 1 aliphatic heterocycles. The van der Waals surface area contributed by atoms with E-state index >= 15 is 0 Å². The number of rotatable bonds is 0. The molecule has 0 N–H and O–H groups in total. The van der Waals surface area contributed by atoms with Crippen molar-refractivity contribution in [3.05, 3.63) is 60.3 Å². The van der Waals surface area contributed by atoms with E-state index in [-0.39, 0.29) is 6.42 Å². The molecule has 0 aromatic rings. The number of aliphatic imine (C=N–C) groups is 4. The lowest BCUT2D eigenvalue weighted by molar-refractivity contribution is -0.117. The van der Waals surface area contributed by atoms with Gasteiger partial charge in [-0.1, -0.05) is 48.6 Å². The van der Waals surface area contributed by atoms with Crippen molar-refractivity contribution in [1.29, 1.82) is 0 Å². The molecular formula is C20H16N4O4. The number of carbonyl (C=O) groups excluding carboxylic acids is 4. The van der Waals surface area contributed by atoms with Gasteiger partial charge in [0.05, 0.1) is 18.1 Å². The summed E-state index contributed by atoms with van der Waals surface area (Å²) in [6, 6.07) is 0. The molecule has 0 unspecified atom stereocenters. The maximum absolute atomic E-state index is 12.0. The lowest BCUT2D eigenvalue weighted by Crippen LogP contribution is -2.10. The maximum atomic E-state index is 12.0. The smallest absolute Gasteiger partial charge is 0.272 e. The van der Waals surface area contributed by atoms with Gasteiger partial charge >= 0.3 is 0 Å². The van der Waals surface area contributed by atoms with E-state index in [1.807, 2.05) is 6.08 Å². The minimum Gasteiger partial charge on any atom is -0.272 e. The predicted octanol–water partition coefficient (Wildman–Crippen LogP) is 1.70. The van der Waals surface area contributed by atoms with Crippen LogP contribution in [0.15, 0.2) is 80.2 Å². The van der Waals surface area contributed by atoms with Gasteiger partial charge in [0.25, 0.3) is 17.7 Å². The monoisotopic (exact) mass is 376 g/mol. The number of nitrogens with zero attached hydrogens (tertiary/aromatic N) is 4. The molecule has 0 aromatic carbocycles. The predicted molar refractivity (Wildman–Crippen MR) is 107 cm³/mol. The Morgan fingerprint density at radius 1 is 0.643 bits per heavy atom. The van der Waals surface area contributed by atoms with Gasteiger partial charge in [-0.05, 0) is 0 Å². The topological polar surface area (TPSA) is 118 Å². The van der Waals surface area contributed by atoms with Gasteiger partial charge in [0.15, 0.2) is 0 Å². The van der Waals surface area contributed by atoms with Crippen LogP contribution in [0.4, 0.5) is 0 Å². The Hall–Kier alpha value is -3.94. The normalized spacial score (nSPS) is 27.6. The van der Waals surface area contributed by atoms with Crippen molar-refractivity contribution in [2.45, 2.75) is 12.8 Å². The minimum absolute atomic E-state index is 0.0139. The second-order valence-corrected chi connectivity index (χ2v) is 5.37. The molecule has 8 heteroatoms. The zero-order valence-corrected chi connectivity index (χ0v) is 14.8. The van der Waals surface area contributed by atoms with E-state index < -0.39 is 23.6 Å². The average molecular weight is 376 g/mol. The molecule has 2 rings (SSSR count). The molecule has 0 spiro atoms. The summed E-state index contributed by atoms with van der Waals surface area (Å²) in [4.78, 5) is 61.1. The molecule has 0 bridgehead atoms. The first-order chi connectivity index (χ1) is 13.5. The zero-order chi connectivity index (χ0) is 20.2. The minimum atomic E-state index is -0.854. The van der Waals surface area contributed by atoms with Gasteiger partial charge < -0.3 is 0 Å². The summed E-state index contributed by atoms with van der Waals surface area (Å²) in [5.74, 6) is -2.64. The molecule has 0 saturated carbocycles. The van der Waals surface area contributed by atoms with Crippen LogP contribution in [0.5, 0.6) is 0 Å². The van der Waals surface area contributed by atoms with E-state index in [0.29, 0.717) is 17.7 Å². The fourth-order valence-electron chi connectivity index (χ4n) is 1.98. The highest BCUT2D eigenvalue weighted by Crippen LogP contribution is 2.09. The van der Waals surface area contributed by atoms with Crippen molar-refractivity contribution < 1.29 is 19.2 Å². The van der Waals surface area contributed by atoms with Crippen LogP contribution in [0.3, 0.4) is 0 Å². The van der Waals surface area contributed by atoms with Gasteiger partial charge in [-0.25, -0.2) is 20.0 Å². The fraction of sp³-hybridized carbons (Fsp3) is 0.100. The van der Waals surface area contributed by atoms with Crippen LogP contribution in [-0.4, -0.2) is 48.0 Å². The third-order valence-corrected chi connectivity index (χ3v) is 3.25. The number of carbonyl (C=O) groups is 4. The summed E-state index contributed by atoms with van der Waals surface area (Å²) < 4.78 is 0. The first kappa shape index (κ1) is 20.4.